The smallest absolute Gasteiger partial charge is 0.259 e. The first-order valence-corrected chi connectivity index (χ1v) is 8.87. The lowest BCUT2D eigenvalue weighted by Gasteiger charge is -2.22. The van der Waals surface area contributed by atoms with E-state index in [1.165, 1.54) is 0 Å². The summed E-state index contributed by atoms with van der Waals surface area (Å²) in [6.45, 7) is 1.64. The normalized spacial score (nSPS) is 22.2. The summed E-state index contributed by atoms with van der Waals surface area (Å²) in [5.41, 5.74) is 7.22. The van der Waals surface area contributed by atoms with E-state index in [9.17, 15) is 13.6 Å². The molecule has 0 saturated carbocycles. The predicted molar refractivity (Wildman–Crippen MR) is 96.4 cm³/mol. The molecule has 0 aliphatic carbocycles. The fourth-order valence-corrected chi connectivity index (χ4v) is 3.20. The molecule has 3 atom stereocenters. The average Bonchev–Trinajstić information content (AvgIpc) is 2.95. The van der Waals surface area contributed by atoms with Gasteiger partial charge in [0.2, 0.25) is 0 Å². The Bertz CT molecular complexity index is 789. The number of amides is 1. The van der Waals surface area contributed by atoms with Crippen LogP contribution in [0.1, 0.15) is 18.4 Å². The maximum Gasteiger partial charge on any atom is 0.259 e. The molecule has 1 aliphatic heterocycles. The summed E-state index contributed by atoms with van der Waals surface area (Å²) in [4.78, 5) is 12.2. The van der Waals surface area contributed by atoms with Gasteiger partial charge in [0, 0.05) is 22.5 Å². The molecule has 1 aliphatic rings. The van der Waals surface area contributed by atoms with Gasteiger partial charge in [-0.1, -0.05) is 28.1 Å². The molecule has 8 heteroatoms. The van der Waals surface area contributed by atoms with E-state index in [1.54, 1.807) is 0 Å². The van der Waals surface area contributed by atoms with Crippen molar-refractivity contribution in [2.24, 2.45) is 0 Å². The highest BCUT2D eigenvalue weighted by Gasteiger charge is 2.35. The Balaban J connectivity index is 1.61. The minimum atomic E-state index is -0.847. The second kappa shape index (κ2) is 8.11. The zero-order chi connectivity index (χ0) is 18.7. The Morgan fingerprint density at radius 1 is 1.19 bits per heavy atom. The fraction of sp³-hybridized carbons (Fsp3) is 0.278. The average molecular weight is 426 g/mol. The summed E-state index contributed by atoms with van der Waals surface area (Å²) >= 11 is 3.41. The van der Waals surface area contributed by atoms with Crippen molar-refractivity contribution >= 4 is 21.8 Å². The Labute approximate surface area is 158 Å². The second-order valence-electron chi connectivity index (χ2n) is 6.06. The quantitative estimate of drug-likeness (QED) is 0.689. The molecule has 3 rings (SSSR count). The van der Waals surface area contributed by atoms with Gasteiger partial charge in [-0.05, 0) is 36.8 Å². The fourth-order valence-electron chi connectivity index (χ4n) is 2.93. The monoisotopic (exact) mass is 425 g/mol. The van der Waals surface area contributed by atoms with E-state index in [2.05, 4.69) is 32.1 Å². The number of rotatable bonds is 5. The number of carbonyl (C=O) groups excluding carboxylic acids is 1. The molecule has 26 heavy (non-hydrogen) atoms. The van der Waals surface area contributed by atoms with E-state index in [4.69, 9.17) is 4.74 Å². The van der Waals surface area contributed by atoms with Crippen molar-refractivity contribution in [1.29, 1.82) is 0 Å². The summed E-state index contributed by atoms with van der Waals surface area (Å²) in [5.74, 6) is -2.12. The lowest BCUT2D eigenvalue weighted by Crippen LogP contribution is -2.47. The molecule has 1 heterocycles. The number of carbonyl (C=O) groups is 1. The van der Waals surface area contributed by atoms with Crippen LogP contribution in [0.3, 0.4) is 0 Å². The van der Waals surface area contributed by atoms with Gasteiger partial charge in [0.25, 0.3) is 5.91 Å². The molecular weight excluding hydrogens is 408 g/mol. The summed E-state index contributed by atoms with van der Waals surface area (Å²) < 4.78 is 32.6. The number of hydrogen-bond acceptors (Lipinski definition) is 4. The SMILES string of the molecule is CC1NNC(NC(=O)COc2ccc(F)cc2F)C1c1ccc(Br)cc1. The van der Waals surface area contributed by atoms with Crippen molar-refractivity contribution in [2.75, 3.05) is 6.61 Å². The van der Waals surface area contributed by atoms with Crippen molar-refractivity contribution in [2.45, 2.75) is 25.0 Å². The van der Waals surface area contributed by atoms with Crippen molar-refractivity contribution in [3.05, 3.63) is 64.1 Å². The molecule has 1 saturated heterocycles. The van der Waals surface area contributed by atoms with E-state index in [0.717, 1.165) is 22.2 Å². The molecule has 0 aromatic heterocycles. The predicted octanol–water partition coefficient (Wildman–Crippen LogP) is 2.83. The first-order chi connectivity index (χ1) is 12.4. The minimum absolute atomic E-state index is 0.00890. The van der Waals surface area contributed by atoms with E-state index >= 15 is 0 Å². The van der Waals surface area contributed by atoms with Crippen LogP contribution in [0.15, 0.2) is 46.9 Å². The van der Waals surface area contributed by atoms with Gasteiger partial charge in [-0.2, -0.15) is 0 Å². The summed E-state index contributed by atoms with van der Waals surface area (Å²) in [6, 6.07) is 10.9. The Morgan fingerprint density at radius 3 is 2.62 bits per heavy atom. The van der Waals surface area contributed by atoms with Gasteiger partial charge in [0.05, 0.1) is 0 Å². The molecule has 3 N–H and O–H groups in total. The van der Waals surface area contributed by atoms with Gasteiger partial charge < -0.3 is 10.1 Å². The standard InChI is InChI=1S/C18H18BrF2N3O2/c1-10-17(11-2-4-12(19)5-3-11)18(24-23-10)22-16(25)9-26-15-7-6-13(20)8-14(15)21/h2-8,10,17-18,23-24H,9H2,1H3,(H,22,25). The molecule has 0 spiro atoms. The Hall–Kier alpha value is -2.03. The van der Waals surface area contributed by atoms with Gasteiger partial charge in [0.1, 0.15) is 12.0 Å². The molecule has 2 aromatic carbocycles. The zero-order valence-electron chi connectivity index (χ0n) is 13.9. The molecule has 5 nitrogen and oxygen atoms in total. The van der Waals surface area contributed by atoms with Gasteiger partial charge in [-0.3, -0.25) is 10.2 Å². The molecule has 2 aromatic rings. The Morgan fingerprint density at radius 2 is 1.92 bits per heavy atom. The summed E-state index contributed by atoms with van der Waals surface area (Å²) in [7, 11) is 0. The highest BCUT2D eigenvalue weighted by molar-refractivity contribution is 9.10. The summed E-state index contributed by atoms with van der Waals surface area (Å²) in [6.07, 6.45) is -0.347. The number of benzene rings is 2. The number of halogens is 3. The van der Waals surface area contributed by atoms with Crippen LogP contribution in [0.5, 0.6) is 5.75 Å². The number of nitrogens with one attached hydrogen (secondary N) is 3. The van der Waals surface area contributed by atoms with Crippen LogP contribution in [0.2, 0.25) is 0 Å². The van der Waals surface area contributed by atoms with Crippen LogP contribution in [0, 0.1) is 11.6 Å². The molecule has 0 radical (unpaired) electrons. The first-order valence-electron chi connectivity index (χ1n) is 8.08. The van der Waals surface area contributed by atoms with Crippen LogP contribution in [-0.4, -0.2) is 24.7 Å². The number of hydrazine groups is 1. The summed E-state index contributed by atoms with van der Waals surface area (Å²) in [5, 5.41) is 2.83. The third-order valence-electron chi connectivity index (χ3n) is 4.19. The van der Waals surface area contributed by atoms with Gasteiger partial charge in [0.15, 0.2) is 18.2 Å². The van der Waals surface area contributed by atoms with Gasteiger partial charge in [-0.25, -0.2) is 14.2 Å². The topological polar surface area (TPSA) is 62.4 Å². The highest BCUT2D eigenvalue weighted by atomic mass is 79.9. The number of hydrogen-bond donors (Lipinski definition) is 3. The van der Waals surface area contributed by atoms with Gasteiger partial charge >= 0.3 is 0 Å². The second-order valence-corrected chi connectivity index (χ2v) is 6.98. The Kier molecular flexibility index (Phi) is 5.85. The zero-order valence-corrected chi connectivity index (χ0v) is 15.5. The van der Waals surface area contributed by atoms with Crippen molar-refractivity contribution in [3.63, 3.8) is 0 Å². The van der Waals surface area contributed by atoms with Crippen LogP contribution in [0.25, 0.3) is 0 Å². The number of ether oxygens (including phenoxy) is 1. The molecule has 1 fully saturated rings. The maximum absolute atomic E-state index is 13.6. The molecule has 1 amide bonds. The lowest BCUT2D eigenvalue weighted by atomic mass is 9.91. The van der Waals surface area contributed by atoms with E-state index in [0.29, 0.717) is 6.07 Å². The first kappa shape index (κ1) is 18.8. The molecule has 3 unspecified atom stereocenters. The lowest BCUT2D eigenvalue weighted by molar-refractivity contribution is -0.124. The molecule has 138 valence electrons. The van der Waals surface area contributed by atoms with E-state index < -0.39 is 17.5 Å². The van der Waals surface area contributed by atoms with Crippen molar-refractivity contribution < 1.29 is 18.3 Å². The third kappa shape index (κ3) is 4.38. The molecular formula is C18H18BrF2N3O2. The highest BCUT2D eigenvalue weighted by Crippen LogP contribution is 2.27. The van der Waals surface area contributed by atoms with Crippen LogP contribution in [-0.2, 0) is 4.79 Å². The van der Waals surface area contributed by atoms with E-state index in [-0.39, 0.29) is 30.5 Å². The van der Waals surface area contributed by atoms with Crippen molar-refractivity contribution in [3.8, 4) is 5.75 Å². The van der Waals surface area contributed by atoms with Crippen molar-refractivity contribution in [1.82, 2.24) is 16.2 Å². The van der Waals surface area contributed by atoms with E-state index in [1.807, 2.05) is 31.2 Å². The largest absolute Gasteiger partial charge is 0.481 e. The van der Waals surface area contributed by atoms with Gasteiger partial charge in [-0.15, -0.1) is 0 Å². The third-order valence-corrected chi connectivity index (χ3v) is 4.72. The minimum Gasteiger partial charge on any atom is -0.481 e. The maximum atomic E-state index is 13.6. The van der Waals surface area contributed by atoms with Crippen LogP contribution < -0.4 is 20.9 Å². The van der Waals surface area contributed by atoms with Crippen LogP contribution in [0.4, 0.5) is 8.78 Å². The van der Waals surface area contributed by atoms with Crippen LogP contribution >= 0.6 is 15.9 Å². The molecule has 0 bridgehead atoms.